The van der Waals surface area contributed by atoms with Gasteiger partial charge in [0, 0.05) is 12.4 Å². The summed E-state index contributed by atoms with van der Waals surface area (Å²) in [5.74, 6) is 0.159. The summed E-state index contributed by atoms with van der Waals surface area (Å²) in [4.78, 5) is 31.0. The summed E-state index contributed by atoms with van der Waals surface area (Å²) in [6, 6.07) is 11.0. The van der Waals surface area contributed by atoms with Gasteiger partial charge < -0.3 is 15.4 Å². The molecule has 0 aliphatic heterocycles. The minimum atomic E-state index is -0.644. The third-order valence-corrected chi connectivity index (χ3v) is 2.67. The van der Waals surface area contributed by atoms with E-state index in [9.17, 15) is 9.59 Å². The second kappa shape index (κ2) is 8.35. The Bertz CT molecular complexity index is 549. The molecule has 2 aromatic rings. The average molecular weight is 300 g/mol. The van der Waals surface area contributed by atoms with Crippen LogP contribution in [-0.2, 0) is 22.7 Å². The number of carbonyl (C=O) groups excluding carboxylic acids is 2. The standard InChI is InChI=1S/C15H16N4O3/c20-14(18-9-13-16-7-4-8-17-13)10-19-15(21)22-11-12-5-2-1-3-6-12/h1-8H,9-11H2,(H,18,20)(H,19,21). The maximum absolute atomic E-state index is 11.6. The van der Waals surface area contributed by atoms with Crippen LogP contribution in [0.1, 0.15) is 11.4 Å². The highest BCUT2D eigenvalue weighted by Gasteiger charge is 2.06. The number of hydrogen-bond donors (Lipinski definition) is 2. The lowest BCUT2D eigenvalue weighted by Crippen LogP contribution is -2.37. The predicted molar refractivity (Wildman–Crippen MR) is 78.5 cm³/mol. The van der Waals surface area contributed by atoms with E-state index in [0.717, 1.165) is 5.56 Å². The summed E-state index contributed by atoms with van der Waals surface area (Å²) in [5, 5.41) is 4.97. The van der Waals surface area contributed by atoms with Crippen LogP contribution in [0.4, 0.5) is 4.79 Å². The predicted octanol–water partition coefficient (Wildman–Crippen LogP) is 1.02. The molecule has 0 fully saturated rings. The zero-order chi connectivity index (χ0) is 15.6. The van der Waals surface area contributed by atoms with Crippen LogP contribution < -0.4 is 10.6 Å². The topological polar surface area (TPSA) is 93.2 Å². The van der Waals surface area contributed by atoms with E-state index in [4.69, 9.17) is 4.74 Å². The van der Waals surface area contributed by atoms with Crippen LogP contribution in [0.15, 0.2) is 48.8 Å². The number of aromatic nitrogens is 2. The number of carbonyl (C=O) groups is 2. The van der Waals surface area contributed by atoms with E-state index in [-0.39, 0.29) is 25.6 Å². The van der Waals surface area contributed by atoms with Gasteiger partial charge in [0.2, 0.25) is 5.91 Å². The fourth-order valence-electron chi connectivity index (χ4n) is 1.59. The van der Waals surface area contributed by atoms with Crippen molar-refractivity contribution in [2.75, 3.05) is 6.54 Å². The van der Waals surface area contributed by atoms with Crippen molar-refractivity contribution in [1.82, 2.24) is 20.6 Å². The molecule has 0 radical (unpaired) electrons. The van der Waals surface area contributed by atoms with Crippen LogP contribution in [0.25, 0.3) is 0 Å². The van der Waals surface area contributed by atoms with Crippen LogP contribution in [0, 0.1) is 0 Å². The molecule has 2 N–H and O–H groups in total. The Kier molecular flexibility index (Phi) is 5.86. The third kappa shape index (κ3) is 5.58. The molecule has 0 atom stereocenters. The fraction of sp³-hybridized carbons (Fsp3) is 0.200. The highest BCUT2D eigenvalue weighted by Crippen LogP contribution is 2.00. The number of nitrogens with one attached hydrogen (secondary N) is 2. The van der Waals surface area contributed by atoms with Gasteiger partial charge in [-0.2, -0.15) is 0 Å². The minimum absolute atomic E-state index is 0.159. The molecular weight excluding hydrogens is 284 g/mol. The quantitative estimate of drug-likeness (QED) is 0.830. The Morgan fingerprint density at radius 3 is 2.45 bits per heavy atom. The van der Waals surface area contributed by atoms with Gasteiger partial charge in [-0.05, 0) is 11.6 Å². The zero-order valence-electron chi connectivity index (χ0n) is 11.9. The van der Waals surface area contributed by atoms with E-state index in [1.54, 1.807) is 18.5 Å². The molecule has 0 spiro atoms. The molecule has 1 heterocycles. The zero-order valence-corrected chi connectivity index (χ0v) is 11.9. The number of amides is 2. The van der Waals surface area contributed by atoms with Gasteiger partial charge in [-0.25, -0.2) is 14.8 Å². The Morgan fingerprint density at radius 2 is 1.73 bits per heavy atom. The van der Waals surface area contributed by atoms with Gasteiger partial charge in [0.05, 0.1) is 6.54 Å². The average Bonchev–Trinajstić information content (AvgIpc) is 2.58. The highest BCUT2D eigenvalue weighted by molar-refractivity contribution is 5.81. The van der Waals surface area contributed by atoms with Crippen molar-refractivity contribution in [2.45, 2.75) is 13.2 Å². The first kappa shape index (κ1) is 15.4. The molecule has 0 unspecified atom stereocenters. The lowest BCUT2D eigenvalue weighted by Gasteiger charge is -2.07. The fourth-order valence-corrected chi connectivity index (χ4v) is 1.59. The van der Waals surface area contributed by atoms with Crippen molar-refractivity contribution in [3.63, 3.8) is 0 Å². The molecular formula is C15H16N4O3. The van der Waals surface area contributed by atoms with Crippen LogP contribution in [0.2, 0.25) is 0 Å². The number of ether oxygens (including phenoxy) is 1. The lowest BCUT2D eigenvalue weighted by molar-refractivity contribution is -0.120. The van der Waals surface area contributed by atoms with Crippen molar-refractivity contribution >= 4 is 12.0 Å². The molecule has 0 bridgehead atoms. The Hall–Kier alpha value is -2.96. The molecule has 0 saturated heterocycles. The number of alkyl carbamates (subject to hydrolysis) is 1. The van der Waals surface area contributed by atoms with E-state index in [0.29, 0.717) is 5.82 Å². The van der Waals surface area contributed by atoms with Crippen molar-refractivity contribution in [3.8, 4) is 0 Å². The van der Waals surface area contributed by atoms with E-state index >= 15 is 0 Å². The first-order valence-corrected chi connectivity index (χ1v) is 6.71. The normalized spacial score (nSPS) is 9.82. The molecule has 0 aliphatic carbocycles. The highest BCUT2D eigenvalue weighted by atomic mass is 16.5. The van der Waals surface area contributed by atoms with Gasteiger partial charge in [0.15, 0.2) is 0 Å². The van der Waals surface area contributed by atoms with Gasteiger partial charge in [-0.1, -0.05) is 30.3 Å². The number of nitrogens with zero attached hydrogens (tertiary/aromatic N) is 2. The summed E-state index contributed by atoms with van der Waals surface area (Å²) >= 11 is 0. The van der Waals surface area contributed by atoms with Crippen molar-refractivity contribution in [1.29, 1.82) is 0 Å². The molecule has 2 amide bonds. The number of rotatable bonds is 6. The van der Waals surface area contributed by atoms with Gasteiger partial charge >= 0.3 is 6.09 Å². The molecule has 0 aliphatic rings. The lowest BCUT2D eigenvalue weighted by atomic mass is 10.2. The second-order valence-electron chi connectivity index (χ2n) is 4.36. The second-order valence-corrected chi connectivity index (χ2v) is 4.36. The van der Waals surface area contributed by atoms with Crippen LogP contribution in [-0.4, -0.2) is 28.5 Å². The number of hydrogen-bond acceptors (Lipinski definition) is 5. The summed E-state index contributed by atoms with van der Waals surface area (Å²) in [5.41, 5.74) is 0.878. The Balaban J connectivity index is 1.62. The molecule has 0 saturated carbocycles. The third-order valence-electron chi connectivity index (χ3n) is 2.67. The van der Waals surface area contributed by atoms with Gasteiger partial charge in [0.1, 0.15) is 19.0 Å². The largest absolute Gasteiger partial charge is 0.445 e. The van der Waals surface area contributed by atoms with Crippen molar-refractivity contribution in [3.05, 3.63) is 60.2 Å². The van der Waals surface area contributed by atoms with E-state index in [1.807, 2.05) is 30.3 Å². The first-order valence-electron chi connectivity index (χ1n) is 6.71. The van der Waals surface area contributed by atoms with Crippen LogP contribution >= 0.6 is 0 Å². The minimum Gasteiger partial charge on any atom is -0.445 e. The summed E-state index contributed by atoms with van der Waals surface area (Å²) in [6.45, 7) is 0.201. The molecule has 1 aromatic heterocycles. The van der Waals surface area contributed by atoms with Gasteiger partial charge in [-0.3, -0.25) is 4.79 Å². The maximum Gasteiger partial charge on any atom is 0.407 e. The Morgan fingerprint density at radius 1 is 1.00 bits per heavy atom. The smallest absolute Gasteiger partial charge is 0.407 e. The van der Waals surface area contributed by atoms with Crippen molar-refractivity contribution < 1.29 is 14.3 Å². The van der Waals surface area contributed by atoms with Crippen molar-refractivity contribution in [2.24, 2.45) is 0 Å². The molecule has 2 rings (SSSR count). The molecule has 7 heteroatoms. The summed E-state index contributed by atoms with van der Waals surface area (Å²) < 4.78 is 4.99. The number of benzene rings is 1. The summed E-state index contributed by atoms with van der Waals surface area (Å²) in [7, 11) is 0. The molecule has 1 aromatic carbocycles. The monoisotopic (exact) mass is 300 g/mol. The maximum atomic E-state index is 11.6. The molecule has 7 nitrogen and oxygen atoms in total. The van der Waals surface area contributed by atoms with Crippen LogP contribution in [0.5, 0.6) is 0 Å². The van der Waals surface area contributed by atoms with E-state index in [2.05, 4.69) is 20.6 Å². The van der Waals surface area contributed by atoms with Crippen LogP contribution in [0.3, 0.4) is 0 Å². The molecule has 114 valence electrons. The van der Waals surface area contributed by atoms with Gasteiger partial charge in [0.25, 0.3) is 0 Å². The Labute approximate surface area is 127 Å². The molecule has 22 heavy (non-hydrogen) atoms. The van der Waals surface area contributed by atoms with E-state index in [1.165, 1.54) is 0 Å². The first-order chi connectivity index (χ1) is 10.7. The SMILES string of the molecule is O=C(CNC(=O)OCc1ccccc1)NCc1ncccn1. The van der Waals surface area contributed by atoms with Gasteiger partial charge in [-0.15, -0.1) is 0 Å². The van der Waals surface area contributed by atoms with E-state index < -0.39 is 6.09 Å². The summed E-state index contributed by atoms with van der Waals surface area (Å²) in [6.07, 6.45) is 2.54.